The van der Waals surface area contributed by atoms with E-state index in [2.05, 4.69) is 4.98 Å². The van der Waals surface area contributed by atoms with Crippen molar-refractivity contribution in [3.05, 3.63) is 63.7 Å². The van der Waals surface area contributed by atoms with E-state index in [4.69, 9.17) is 21.1 Å². The summed E-state index contributed by atoms with van der Waals surface area (Å²) in [6.07, 6.45) is 1.51. The molecule has 0 fully saturated rings. The number of carbonyl (C=O) groups excluding carboxylic acids is 1. The summed E-state index contributed by atoms with van der Waals surface area (Å²) in [5, 5.41) is 0.421. The van der Waals surface area contributed by atoms with E-state index in [0.29, 0.717) is 33.2 Å². The molecule has 1 aromatic carbocycles. The minimum Gasteiger partial charge on any atom is -0.497 e. The first-order valence-corrected chi connectivity index (χ1v) is 7.86. The third kappa shape index (κ3) is 3.49. The summed E-state index contributed by atoms with van der Waals surface area (Å²) in [5.41, 5.74) is 1.51. The van der Waals surface area contributed by atoms with Crippen LogP contribution in [0.5, 0.6) is 5.75 Å². The molecule has 0 aliphatic carbocycles. The third-order valence-corrected chi connectivity index (χ3v) is 3.88. The van der Waals surface area contributed by atoms with E-state index in [9.17, 15) is 9.59 Å². The normalized spacial score (nSPS) is 10.7. The monoisotopic (exact) mass is 358 g/mol. The second-order valence-electron chi connectivity index (χ2n) is 5.32. The zero-order valence-corrected chi connectivity index (χ0v) is 14.4. The molecule has 25 heavy (non-hydrogen) atoms. The quantitative estimate of drug-likeness (QED) is 0.670. The molecule has 7 heteroatoms. The third-order valence-electron chi connectivity index (χ3n) is 3.65. The van der Waals surface area contributed by atoms with Crippen LogP contribution in [0.25, 0.3) is 16.8 Å². The molecule has 2 heterocycles. The molecule has 0 amide bonds. The van der Waals surface area contributed by atoms with Crippen LogP contribution in [0.3, 0.4) is 0 Å². The van der Waals surface area contributed by atoms with E-state index < -0.39 is 5.97 Å². The average Bonchev–Trinajstić information content (AvgIpc) is 2.61. The molecule has 3 aromatic rings. The van der Waals surface area contributed by atoms with Gasteiger partial charge in [0.15, 0.2) is 0 Å². The zero-order valence-electron chi connectivity index (χ0n) is 13.7. The van der Waals surface area contributed by atoms with E-state index in [1.807, 2.05) is 0 Å². The van der Waals surface area contributed by atoms with Gasteiger partial charge in [0.1, 0.15) is 18.0 Å². The van der Waals surface area contributed by atoms with Crippen molar-refractivity contribution in [2.24, 2.45) is 0 Å². The van der Waals surface area contributed by atoms with E-state index >= 15 is 0 Å². The van der Waals surface area contributed by atoms with Crippen molar-refractivity contribution < 1.29 is 14.3 Å². The van der Waals surface area contributed by atoms with Gasteiger partial charge in [0, 0.05) is 13.1 Å². The van der Waals surface area contributed by atoms with Crippen LogP contribution in [0.4, 0.5) is 0 Å². The number of carbonyl (C=O) groups is 1. The smallest absolute Gasteiger partial charge is 0.303 e. The van der Waals surface area contributed by atoms with Gasteiger partial charge in [0.05, 0.1) is 23.4 Å². The predicted octanol–water partition coefficient (Wildman–Crippen LogP) is 3.09. The highest BCUT2D eigenvalue weighted by Gasteiger charge is 2.16. The van der Waals surface area contributed by atoms with Crippen LogP contribution in [0.1, 0.15) is 12.6 Å². The number of ether oxygens (including phenoxy) is 2. The highest BCUT2D eigenvalue weighted by molar-refractivity contribution is 6.30. The number of hydrogen-bond acceptors (Lipinski definition) is 5. The molecule has 0 N–H and O–H groups in total. The van der Waals surface area contributed by atoms with Gasteiger partial charge in [-0.3, -0.25) is 14.0 Å². The second-order valence-corrected chi connectivity index (χ2v) is 5.76. The molecular weight excluding hydrogens is 344 g/mol. The first-order chi connectivity index (χ1) is 12.0. The van der Waals surface area contributed by atoms with Crippen LogP contribution < -0.4 is 10.3 Å². The number of halogens is 1. The van der Waals surface area contributed by atoms with Crippen molar-refractivity contribution in [3.8, 4) is 16.9 Å². The van der Waals surface area contributed by atoms with E-state index in [1.54, 1.807) is 43.5 Å². The number of hydrogen-bond donors (Lipinski definition) is 0. The Morgan fingerprint density at radius 1 is 1.20 bits per heavy atom. The summed E-state index contributed by atoms with van der Waals surface area (Å²) in [6.45, 7) is 1.21. The predicted molar refractivity (Wildman–Crippen MR) is 93.9 cm³/mol. The molecule has 0 radical (unpaired) electrons. The van der Waals surface area contributed by atoms with Crippen LogP contribution in [-0.2, 0) is 16.1 Å². The molecular formula is C18H15ClN2O4. The molecule has 2 aromatic heterocycles. The lowest BCUT2D eigenvalue weighted by atomic mass is 10.1. The van der Waals surface area contributed by atoms with Crippen molar-refractivity contribution in [1.82, 2.24) is 9.38 Å². The Balaban J connectivity index is 2.24. The van der Waals surface area contributed by atoms with Crippen LogP contribution in [0.15, 0.2) is 47.4 Å². The minimum absolute atomic E-state index is 0.0922. The molecule has 0 saturated heterocycles. The summed E-state index contributed by atoms with van der Waals surface area (Å²) in [6, 6.07) is 10.3. The van der Waals surface area contributed by atoms with E-state index in [-0.39, 0.29) is 12.2 Å². The Labute approximate surface area is 148 Å². The number of methoxy groups -OCH3 is 1. The van der Waals surface area contributed by atoms with Crippen LogP contribution in [0.2, 0.25) is 5.02 Å². The van der Waals surface area contributed by atoms with E-state index in [1.165, 1.54) is 17.5 Å². The number of rotatable bonds is 4. The Hall–Kier alpha value is -2.86. The molecule has 0 aliphatic rings. The maximum atomic E-state index is 13.0. The molecule has 0 unspecified atom stereocenters. The molecule has 0 aliphatic heterocycles. The summed E-state index contributed by atoms with van der Waals surface area (Å²) in [5.74, 6) is 0.223. The SMILES string of the molecule is COc1ccc(-c2c(COC(C)=O)nc3ccc(Cl)cn3c2=O)cc1. The van der Waals surface area contributed by atoms with Crippen molar-refractivity contribution in [1.29, 1.82) is 0 Å². The zero-order chi connectivity index (χ0) is 18.0. The topological polar surface area (TPSA) is 69.9 Å². The fourth-order valence-electron chi connectivity index (χ4n) is 2.48. The van der Waals surface area contributed by atoms with Crippen molar-refractivity contribution in [2.75, 3.05) is 7.11 Å². The Morgan fingerprint density at radius 3 is 2.56 bits per heavy atom. The van der Waals surface area contributed by atoms with Gasteiger partial charge in [0.25, 0.3) is 5.56 Å². The van der Waals surface area contributed by atoms with Gasteiger partial charge in [-0.2, -0.15) is 0 Å². The number of benzene rings is 1. The van der Waals surface area contributed by atoms with Gasteiger partial charge in [-0.25, -0.2) is 4.98 Å². The highest BCUT2D eigenvalue weighted by atomic mass is 35.5. The second kappa shape index (κ2) is 6.94. The maximum Gasteiger partial charge on any atom is 0.303 e. The average molecular weight is 359 g/mol. The standard InChI is InChI=1S/C18H15ClN2O4/c1-11(22)25-10-15-17(12-3-6-14(24-2)7-4-12)18(23)21-9-13(19)5-8-16(21)20-15/h3-9H,10H2,1-2H3. The number of aromatic nitrogens is 2. The fraction of sp³-hybridized carbons (Fsp3) is 0.167. The summed E-state index contributed by atoms with van der Waals surface area (Å²) in [4.78, 5) is 28.6. The lowest BCUT2D eigenvalue weighted by Crippen LogP contribution is -2.20. The molecule has 0 spiro atoms. The Bertz CT molecular complexity index is 996. The van der Waals surface area contributed by atoms with Crippen LogP contribution in [0, 0.1) is 0 Å². The van der Waals surface area contributed by atoms with E-state index in [0.717, 1.165) is 0 Å². The van der Waals surface area contributed by atoms with Crippen molar-refractivity contribution in [2.45, 2.75) is 13.5 Å². The van der Waals surface area contributed by atoms with Gasteiger partial charge >= 0.3 is 5.97 Å². The number of fused-ring (bicyclic) bond motifs is 1. The molecule has 0 saturated carbocycles. The Morgan fingerprint density at radius 2 is 1.92 bits per heavy atom. The van der Waals surface area contributed by atoms with Crippen LogP contribution in [-0.4, -0.2) is 22.5 Å². The number of pyridine rings is 1. The highest BCUT2D eigenvalue weighted by Crippen LogP contribution is 2.23. The van der Waals surface area contributed by atoms with Gasteiger partial charge in [0.2, 0.25) is 0 Å². The molecule has 128 valence electrons. The van der Waals surface area contributed by atoms with Crippen molar-refractivity contribution in [3.63, 3.8) is 0 Å². The largest absolute Gasteiger partial charge is 0.497 e. The Kier molecular flexibility index (Phi) is 4.72. The lowest BCUT2D eigenvalue weighted by molar-refractivity contribution is -0.142. The van der Waals surface area contributed by atoms with Gasteiger partial charge in [-0.1, -0.05) is 23.7 Å². The first-order valence-electron chi connectivity index (χ1n) is 7.48. The summed E-state index contributed by atoms with van der Waals surface area (Å²) in [7, 11) is 1.57. The first kappa shape index (κ1) is 17.0. The molecule has 3 rings (SSSR count). The summed E-state index contributed by atoms with van der Waals surface area (Å²) < 4.78 is 11.6. The van der Waals surface area contributed by atoms with Gasteiger partial charge < -0.3 is 9.47 Å². The number of nitrogens with zero attached hydrogens (tertiary/aromatic N) is 2. The van der Waals surface area contributed by atoms with Crippen LogP contribution >= 0.6 is 11.6 Å². The summed E-state index contributed by atoms with van der Waals surface area (Å²) >= 11 is 6.00. The van der Waals surface area contributed by atoms with Gasteiger partial charge in [-0.15, -0.1) is 0 Å². The van der Waals surface area contributed by atoms with Crippen molar-refractivity contribution >= 4 is 23.2 Å². The minimum atomic E-state index is -0.446. The molecule has 0 bridgehead atoms. The number of esters is 1. The fourth-order valence-corrected chi connectivity index (χ4v) is 2.64. The van der Waals surface area contributed by atoms with Gasteiger partial charge in [-0.05, 0) is 29.8 Å². The maximum absolute atomic E-state index is 13.0. The molecule has 6 nitrogen and oxygen atoms in total. The molecule has 0 atom stereocenters. The lowest BCUT2D eigenvalue weighted by Gasteiger charge is -2.12.